The van der Waals surface area contributed by atoms with Crippen LogP contribution in [0.2, 0.25) is 0 Å². The summed E-state index contributed by atoms with van der Waals surface area (Å²) in [5.41, 5.74) is 6.04. The first-order valence-corrected chi connectivity index (χ1v) is 8.25. The molecular formula is C20H16F3N3O2. The van der Waals surface area contributed by atoms with E-state index in [1.54, 1.807) is 36.4 Å². The number of aromatic nitrogens is 1. The molecule has 0 bridgehead atoms. The van der Waals surface area contributed by atoms with E-state index in [0.29, 0.717) is 17.1 Å². The molecule has 0 saturated heterocycles. The number of hydrogen-bond donors (Lipinski definition) is 2. The van der Waals surface area contributed by atoms with Crippen LogP contribution in [0.25, 0.3) is 0 Å². The summed E-state index contributed by atoms with van der Waals surface area (Å²) in [6.45, 7) is 0.272. The van der Waals surface area contributed by atoms with E-state index in [0.717, 1.165) is 17.7 Å². The lowest BCUT2D eigenvalue weighted by Crippen LogP contribution is -2.24. The molecule has 5 nitrogen and oxygen atoms in total. The fourth-order valence-corrected chi connectivity index (χ4v) is 2.41. The van der Waals surface area contributed by atoms with Crippen LogP contribution < -0.4 is 15.8 Å². The fourth-order valence-electron chi connectivity index (χ4n) is 2.41. The minimum atomic E-state index is -4.38. The third kappa shape index (κ3) is 4.79. The average molecular weight is 387 g/mol. The lowest BCUT2D eigenvalue weighted by atomic mass is 10.2. The number of rotatable bonds is 5. The average Bonchev–Trinajstić information content (AvgIpc) is 2.67. The number of amides is 1. The molecule has 0 aliphatic rings. The number of nitrogen functional groups attached to an aromatic ring is 1. The van der Waals surface area contributed by atoms with Crippen LogP contribution in [0.4, 0.5) is 19.0 Å². The summed E-state index contributed by atoms with van der Waals surface area (Å²) in [5, 5.41) is 2.74. The van der Waals surface area contributed by atoms with Gasteiger partial charge in [0, 0.05) is 12.7 Å². The van der Waals surface area contributed by atoms with Crippen molar-refractivity contribution in [2.75, 3.05) is 5.73 Å². The molecule has 8 heteroatoms. The zero-order valence-corrected chi connectivity index (χ0v) is 14.5. The Morgan fingerprint density at radius 3 is 2.18 bits per heavy atom. The van der Waals surface area contributed by atoms with Gasteiger partial charge in [-0.25, -0.2) is 4.98 Å². The minimum absolute atomic E-state index is 0.153. The zero-order valence-electron chi connectivity index (χ0n) is 14.5. The molecule has 2 aromatic carbocycles. The Hall–Kier alpha value is -3.55. The highest BCUT2D eigenvalue weighted by atomic mass is 19.4. The molecule has 0 fully saturated rings. The van der Waals surface area contributed by atoms with Crippen molar-refractivity contribution in [3.8, 4) is 11.5 Å². The summed E-state index contributed by atoms with van der Waals surface area (Å²) < 4.78 is 43.2. The molecule has 1 aromatic heterocycles. The molecule has 3 aromatic rings. The summed E-state index contributed by atoms with van der Waals surface area (Å²) in [7, 11) is 0. The maximum absolute atomic E-state index is 12.6. The summed E-state index contributed by atoms with van der Waals surface area (Å²) in [6.07, 6.45) is -2.88. The van der Waals surface area contributed by atoms with Crippen LogP contribution in [0, 0.1) is 0 Å². The summed E-state index contributed by atoms with van der Waals surface area (Å²) >= 11 is 0. The number of nitrogens with zero attached hydrogens (tertiary/aromatic N) is 1. The standard InChI is InChI=1S/C20H16F3N3O2/c21-20(22,23)14-5-9-16(10-6-14)28-15-7-3-13(4-8-15)12-26-19(27)17-2-1-11-25-18(17)24/h1-11H,12H2,(H2,24,25)(H,26,27). The fraction of sp³-hybridized carbons (Fsp3) is 0.100. The van der Waals surface area contributed by atoms with E-state index >= 15 is 0 Å². The molecule has 28 heavy (non-hydrogen) atoms. The van der Waals surface area contributed by atoms with E-state index < -0.39 is 11.7 Å². The zero-order chi connectivity index (χ0) is 20.1. The van der Waals surface area contributed by atoms with Crippen molar-refractivity contribution in [2.45, 2.75) is 12.7 Å². The van der Waals surface area contributed by atoms with Crippen LogP contribution in [-0.4, -0.2) is 10.9 Å². The van der Waals surface area contributed by atoms with E-state index in [-0.39, 0.29) is 18.3 Å². The molecule has 0 atom stereocenters. The highest BCUT2D eigenvalue weighted by Crippen LogP contribution is 2.31. The van der Waals surface area contributed by atoms with Gasteiger partial charge in [0.25, 0.3) is 5.91 Å². The molecule has 1 heterocycles. The number of halogens is 3. The molecule has 0 unspecified atom stereocenters. The van der Waals surface area contributed by atoms with Crippen LogP contribution in [0.3, 0.4) is 0 Å². The normalized spacial score (nSPS) is 11.1. The van der Waals surface area contributed by atoms with Gasteiger partial charge in [-0.2, -0.15) is 13.2 Å². The first-order valence-electron chi connectivity index (χ1n) is 8.25. The SMILES string of the molecule is Nc1ncccc1C(=O)NCc1ccc(Oc2ccc(C(F)(F)F)cc2)cc1. The third-order valence-electron chi connectivity index (χ3n) is 3.88. The Labute approximate surface area is 159 Å². The van der Waals surface area contributed by atoms with Crippen molar-refractivity contribution in [1.82, 2.24) is 10.3 Å². The Morgan fingerprint density at radius 1 is 1.00 bits per heavy atom. The smallest absolute Gasteiger partial charge is 0.416 e. The van der Waals surface area contributed by atoms with Gasteiger partial charge in [0.05, 0.1) is 11.1 Å². The van der Waals surface area contributed by atoms with Crippen LogP contribution in [0.5, 0.6) is 11.5 Å². The van der Waals surface area contributed by atoms with Gasteiger partial charge < -0.3 is 15.8 Å². The number of hydrogen-bond acceptors (Lipinski definition) is 4. The van der Waals surface area contributed by atoms with Gasteiger partial charge >= 0.3 is 6.18 Å². The van der Waals surface area contributed by atoms with Gasteiger partial charge in [-0.15, -0.1) is 0 Å². The molecule has 1 amide bonds. The van der Waals surface area contributed by atoms with Crippen molar-refractivity contribution in [3.05, 3.63) is 83.6 Å². The van der Waals surface area contributed by atoms with Crippen LogP contribution in [-0.2, 0) is 12.7 Å². The van der Waals surface area contributed by atoms with Crippen molar-refractivity contribution < 1.29 is 22.7 Å². The molecular weight excluding hydrogens is 371 g/mol. The Bertz CT molecular complexity index is 956. The predicted molar refractivity (Wildman–Crippen MR) is 97.8 cm³/mol. The highest BCUT2D eigenvalue weighted by Gasteiger charge is 2.30. The van der Waals surface area contributed by atoms with Crippen molar-refractivity contribution in [2.24, 2.45) is 0 Å². The first-order chi connectivity index (χ1) is 13.3. The Balaban J connectivity index is 1.58. The number of alkyl halides is 3. The van der Waals surface area contributed by atoms with Gasteiger partial charge in [0.2, 0.25) is 0 Å². The van der Waals surface area contributed by atoms with E-state index in [2.05, 4.69) is 10.3 Å². The summed E-state index contributed by atoms with van der Waals surface area (Å²) in [6, 6.07) is 14.5. The predicted octanol–water partition coefficient (Wildman–Crippen LogP) is 4.40. The van der Waals surface area contributed by atoms with Crippen LogP contribution in [0.15, 0.2) is 66.9 Å². The molecule has 0 radical (unpaired) electrons. The number of carbonyl (C=O) groups is 1. The number of ether oxygens (including phenoxy) is 1. The van der Waals surface area contributed by atoms with E-state index in [1.165, 1.54) is 18.3 Å². The molecule has 3 rings (SSSR count). The maximum atomic E-state index is 12.6. The molecule has 0 aliphatic carbocycles. The largest absolute Gasteiger partial charge is 0.457 e. The maximum Gasteiger partial charge on any atom is 0.416 e. The first kappa shape index (κ1) is 19.2. The minimum Gasteiger partial charge on any atom is -0.457 e. The van der Waals surface area contributed by atoms with Gasteiger partial charge in [-0.05, 0) is 54.1 Å². The molecule has 0 aliphatic heterocycles. The van der Waals surface area contributed by atoms with Gasteiger partial charge in [0.15, 0.2) is 0 Å². The topological polar surface area (TPSA) is 77.2 Å². The van der Waals surface area contributed by atoms with E-state index in [1.807, 2.05) is 0 Å². The number of benzene rings is 2. The number of carbonyl (C=O) groups excluding carboxylic acids is 1. The van der Waals surface area contributed by atoms with Crippen molar-refractivity contribution in [3.63, 3.8) is 0 Å². The number of anilines is 1. The van der Waals surface area contributed by atoms with Gasteiger partial charge in [0.1, 0.15) is 17.3 Å². The molecule has 3 N–H and O–H groups in total. The quantitative estimate of drug-likeness (QED) is 0.680. The lowest BCUT2D eigenvalue weighted by Gasteiger charge is -2.10. The second-order valence-electron chi connectivity index (χ2n) is 5.89. The van der Waals surface area contributed by atoms with Crippen molar-refractivity contribution in [1.29, 1.82) is 0 Å². The second-order valence-corrected chi connectivity index (χ2v) is 5.89. The summed E-state index contributed by atoms with van der Waals surface area (Å²) in [4.78, 5) is 16.0. The highest BCUT2D eigenvalue weighted by molar-refractivity contribution is 5.98. The second kappa shape index (κ2) is 7.99. The number of nitrogens with one attached hydrogen (secondary N) is 1. The monoisotopic (exact) mass is 387 g/mol. The van der Waals surface area contributed by atoms with E-state index in [9.17, 15) is 18.0 Å². The van der Waals surface area contributed by atoms with Gasteiger partial charge in [-0.3, -0.25) is 4.79 Å². The third-order valence-corrected chi connectivity index (χ3v) is 3.88. The van der Waals surface area contributed by atoms with Gasteiger partial charge in [-0.1, -0.05) is 12.1 Å². The van der Waals surface area contributed by atoms with Crippen LogP contribution >= 0.6 is 0 Å². The lowest BCUT2D eigenvalue weighted by molar-refractivity contribution is -0.137. The molecule has 0 saturated carbocycles. The Kier molecular flexibility index (Phi) is 5.49. The van der Waals surface area contributed by atoms with Crippen molar-refractivity contribution >= 4 is 11.7 Å². The molecule has 0 spiro atoms. The summed E-state index contributed by atoms with van der Waals surface area (Å²) in [5.74, 6) is 0.573. The molecule has 144 valence electrons. The van der Waals surface area contributed by atoms with E-state index in [4.69, 9.17) is 10.5 Å². The number of nitrogens with two attached hydrogens (primary N) is 1. The Morgan fingerprint density at radius 2 is 1.61 bits per heavy atom. The van der Waals surface area contributed by atoms with Crippen LogP contribution in [0.1, 0.15) is 21.5 Å². The number of pyridine rings is 1.